The lowest BCUT2D eigenvalue weighted by molar-refractivity contribution is -0.135. The molecule has 2 aliphatic rings. The number of carbonyl (C=O) groups is 2. The maximum Gasteiger partial charge on any atom is 0.273 e. The third-order valence-electron chi connectivity index (χ3n) is 5.05. The van der Waals surface area contributed by atoms with E-state index >= 15 is 0 Å². The minimum Gasteiger partial charge on any atom is -0.496 e. The SMILES string of the molecule is COc1cc(F)ccc1C(=O)NN1C(c2ccncn2)=CC(=O)N2CCCCC21. The normalized spacial score (nSPS) is 18.8. The lowest BCUT2D eigenvalue weighted by Gasteiger charge is -2.46. The Morgan fingerprint density at radius 1 is 1.31 bits per heavy atom. The van der Waals surface area contributed by atoms with Crippen molar-refractivity contribution in [1.82, 2.24) is 25.3 Å². The van der Waals surface area contributed by atoms with E-state index in [9.17, 15) is 14.0 Å². The monoisotopic (exact) mass is 397 g/mol. The molecular formula is C20H20FN5O3. The van der Waals surface area contributed by atoms with Gasteiger partial charge in [-0.2, -0.15) is 0 Å². The van der Waals surface area contributed by atoms with Gasteiger partial charge in [-0.25, -0.2) is 14.4 Å². The molecule has 8 nitrogen and oxygen atoms in total. The van der Waals surface area contributed by atoms with E-state index in [-0.39, 0.29) is 23.4 Å². The van der Waals surface area contributed by atoms with Crippen molar-refractivity contribution >= 4 is 17.5 Å². The van der Waals surface area contributed by atoms with Crippen LogP contribution < -0.4 is 10.2 Å². The first-order valence-corrected chi connectivity index (χ1v) is 9.31. The quantitative estimate of drug-likeness (QED) is 0.849. The molecule has 1 saturated heterocycles. The first kappa shape index (κ1) is 18.9. The molecule has 2 aliphatic heterocycles. The molecule has 1 unspecified atom stereocenters. The van der Waals surface area contributed by atoms with E-state index in [0.717, 1.165) is 18.9 Å². The van der Waals surface area contributed by atoms with Crippen LogP contribution in [0.1, 0.15) is 35.3 Å². The molecule has 9 heteroatoms. The summed E-state index contributed by atoms with van der Waals surface area (Å²) in [5.41, 5.74) is 4.06. The van der Waals surface area contributed by atoms with Gasteiger partial charge in [-0.3, -0.25) is 20.0 Å². The molecule has 0 radical (unpaired) electrons. The number of carbonyl (C=O) groups excluding carboxylic acids is 2. The molecular weight excluding hydrogens is 377 g/mol. The molecule has 0 saturated carbocycles. The Morgan fingerprint density at radius 3 is 2.93 bits per heavy atom. The highest BCUT2D eigenvalue weighted by Crippen LogP contribution is 2.31. The van der Waals surface area contributed by atoms with Crippen LogP contribution in [0.2, 0.25) is 0 Å². The summed E-state index contributed by atoms with van der Waals surface area (Å²) in [4.78, 5) is 35.6. The van der Waals surface area contributed by atoms with Crippen molar-refractivity contribution in [3.05, 3.63) is 59.9 Å². The number of amides is 2. The van der Waals surface area contributed by atoms with Gasteiger partial charge in [0.15, 0.2) is 0 Å². The fourth-order valence-corrected chi connectivity index (χ4v) is 3.67. The molecule has 0 aliphatic carbocycles. The zero-order valence-electron chi connectivity index (χ0n) is 15.8. The zero-order valence-corrected chi connectivity index (χ0v) is 15.8. The Bertz CT molecular complexity index is 966. The summed E-state index contributed by atoms with van der Waals surface area (Å²) in [5.74, 6) is -0.958. The second-order valence-electron chi connectivity index (χ2n) is 6.79. The Hall–Kier alpha value is -3.49. The first-order valence-electron chi connectivity index (χ1n) is 9.31. The first-order chi connectivity index (χ1) is 14.1. The summed E-state index contributed by atoms with van der Waals surface area (Å²) in [6.07, 6.45) is 6.63. The summed E-state index contributed by atoms with van der Waals surface area (Å²) < 4.78 is 18.7. The van der Waals surface area contributed by atoms with E-state index in [1.54, 1.807) is 22.2 Å². The molecule has 1 N–H and O–H groups in total. The number of piperidine rings is 1. The highest BCUT2D eigenvalue weighted by atomic mass is 19.1. The van der Waals surface area contributed by atoms with Gasteiger partial charge in [0.1, 0.15) is 24.1 Å². The predicted octanol–water partition coefficient (Wildman–Crippen LogP) is 1.96. The highest BCUT2D eigenvalue weighted by molar-refractivity contribution is 5.99. The van der Waals surface area contributed by atoms with E-state index < -0.39 is 11.7 Å². The molecule has 2 aromatic rings. The fraction of sp³-hybridized carbons (Fsp3) is 0.300. The van der Waals surface area contributed by atoms with Gasteiger partial charge in [0, 0.05) is 24.9 Å². The minimum absolute atomic E-state index is 0.117. The van der Waals surface area contributed by atoms with E-state index in [2.05, 4.69) is 15.4 Å². The zero-order chi connectivity index (χ0) is 20.4. The molecule has 150 valence electrons. The Kier molecular flexibility index (Phi) is 5.11. The molecule has 1 aromatic carbocycles. The van der Waals surface area contributed by atoms with Crippen molar-refractivity contribution in [2.24, 2.45) is 0 Å². The van der Waals surface area contributed by atoms with Gasteiger partial charge in [-0.15, -0.1) is 0 Å². The van der Waals surface area contributed by atoms with Crippen molar-refractivity contribution in [1.29, 1.82) is 0 Å². The summed E-state index contributed by atoms with van der Waals surface area (Å²) in [6, 6.07) is 5.40. The number of nitrogens with one attached hydrogen (secondary N) is 1. The van der Waals surface area contributed by atoms with E-state index in [1.165, 1.54) is 31.6 Å². The number of hydrogen-bond donors (Lipinski definition) is 1. The largest absolute Gasteiger partial charge is 0.496 e. The van der Waals surface area contributed by atoms with Crippen LogP contribution in [0.3, 0.4) is 0 Å². The van der Waals surface area contributed by atoms with Crippen molar-refractivity contribution in [3.63, 3.8) is 0 Å². The van der Waals surface area contributed by atoms with E-state index in [0.29, 0.717) is 24.4 Å². The summed E-state index contributed by atoms with van der Waals surface area (Å²) in [6.45, 7) is 0.614. The number of hydrazine groups is 1. The van der Waals surface area contributed by atoms with Crippen LogP contribution in [0.15, 0.2) is 42.9 Å². The Morgan fingerprint density at radius 2 is 2.17 bits per heavy atom. The predicted molar refractivity (Wildman–Crippen MR) is 102 cm³/mol. The van der Waals surface area contributed by atoms with Gasteiger partial charge < -0.3 is 9.64 Å². The van der Waals surface area contributed by atoms with Crippen LogP contribution in [0, 0.1) is 5.82 Å². The number of rotatable bonds is 4. The maximum absolute atomic E-state index is 13.5. The van der Waals surface area contributed by atoms with Crippen molar-refractivity contribution in [2.75, 3.05) is 13.7 Å². The minimum atomic E-state index is -0.498. The molecule has 1 atom stereocenters. The summed E-state index contributed by atoms with van der Waals surface area (Å²) in [5, 5.41) is 1.66. The van der Waals surface area contributed by atoms with Gasteiger partial charge in [-0.05, 0) is 37.5 Å². The second-order valence-corrected chi connectivity index (χ2v) is 6.79. The number of aromatic nitrogens is 2. The Balaban J connectivity index is 1.71. The average molecular weight is 397 g/mol. The molecule has 3 heterocycles. The number of benzene rings is 1. The Labute approximate surface area is 167 Å². The topological polar surface area (TPSA) is 87.7 Å². The fourth-order valence-electron chi connectivity index (χ4n) is 3.67. The van der Waals surface area contributed by atoms with Crippen LogP contribution in [0.4, 0.5) is 4.39 Å². The lowest BCUT2D eigenvalue weighted by Crippen LogP contribution is -2.60. The van der Waals surface area contributed by atoms with Gasteiger partial charge in [-0.1, -0.05) is 0 Å². The number of methoxy groups -OCH3 is 1. The van der Waals surface area contributed by atoms with Crippen LogP contribution in [-0.2, 0) is 4.79 Å². The molecule has 0 bridgehead atoms. The third kappa shape index (κ3) is 3.63. The average Bonchev–Trinajstić information content (AvgIpc) is 2.76. The van der Waals surface area contributed by atoms with Gasteiger partial charge in [0.25, 0.3) is 5.91 Å². The number of hydrogen-bond acceptors (Lipinski definition) is 6. The van der Waals surface area contributed by atoms with Gasteiger partial charge in [0.05, 0.1) is 24.1 Å². The standard InChI is InChI=1S/C20H20FN5O3/c1-29-17-10-13(21)5-6-14(17)20(28)24-26-16(15-7-8-22-12-23-15)11-19(27)25-9-3-2-4-18(25)26/h5-8,10-12,18H,2-4,9H2,1H3,(H,24,28). The molecule has 29 heavy (non-hydrogen) atoms. The molecule has 1 aromatic heterocycles. The number of nitrogens with zero attached hydrogens (tertiary/aromatic N) is 4. The molecule has 4 rings (SSSR count). The van der Waals surface area contributed by atoms with E-state index in [4.69, 9.17) is 4.74 Å². The summed E-state index contributed by atoms with van der Waals surface area (Å²) in [7, 11) is 1.38. The van der Waals surface area contributed by atoms with Crippen LogP contribution >= 0.6 is 0 Å². The van der Waals surface area contributed by atoms with Crippen LogP contribution in [-0.4, -0.2) is 51.5 Å². The third-order valence-corrected chi connectivity index (χ3v) is 5.05. The van der Waals surface area contributed by atoms with Crippen molar-refractivity contribution in [2.45, 2.75) is 25.4 Å². The maximum atomic E-state index is 13.5. The molecule has 1 fully saturated rings. The second kappa shape index (κ2) is 7.86. The van der Waals surface area contributed by atoms with Crippen LogP contribution in [0.5, 0.6) is 5.75 Å². The van der Waals surface area contributed by atoms with Crippen molar-refractivity contribution < 1.29 is 18.7 Å². The van der Waals surface area contributed by atoms with E-state index in [1.807, 2.05) is 0 Å². The summed E-state index contributed by atoms with van der Waals surface area (Å²) >= 11 is 0. The van der Waals surface area contributed by atoms with Crippen LogP contribution in [0.25, 0.3) is 5.70 Å². The molecule has 2 amide bonds. The van der Waals surface area contributed by atoms with Gasteiger partial charge in [0.2, 0.25) is 5.91 Å². The smallest absolute Gasteiger partial charge is 0.273 e. The number of fused-ring (bicyclic) bond motifs is 1. The highest BCUT2D eigenvalue weighted by Gasteiger charge is 2.38. The number of halogens is 1. The van der Waals surface area contributed by atoms with Gasteiger partial charge >= 0.3 is 0 Å². The van der Waals surface area contributed by atoms with Crippen molar-refractivity contribution in [3.8, 4) is 5.75 Å². The number of ether oxygens (including phenoxy) is 1. The molecule has 0 spiro atoms. The lowest BCUT2D eigenvalue weighted by atomic mass is 10.0.